The molecule has 2 aromatic carbocycles. The highest BCUT2D eigenvalue weighted by atomic mass is 15.1. The largest absolute Gasteiger partial charge is 0.378 e. The summed E-state index contributed by atoms with van der Waals surface area (Å²) in [6, 6.07) is 18.2. The van der Waals surface area contributed by atoms with Crippen LogP contribution in [-0.2, 0) is 0 Å². The molecule has 26 heavy (non-hydrogen) atoms. The van der Waals surface area contributed by atoms with E-state index in [1.165, 1.54) is 0 Å². The van der Waals surface area contributed by atoms with Gasteiger partial charge in [0.05, 0.1) is 11.1 Å². The van der Waals surface area contributed by atoms with Gasteiger partial charge in [-0.1, -0.05) is 17.9 Å². The third kappa shape index (κ3) is 3.15. The molecule has 1 N–H and O–H groups in total. The number of benzene rings is 2. The molecule has 0 spiro atoms. The summed E-state index contributed by atoms with van der Waals surface area (Å²) in [7, 11) is 4.06. The number of pyridine rings is 1. The van der Waals surface area contributed by atoms with E-state index >= 15 is 0 Å². The van der Waals surface area contributed by atoms with Crippen LogP contribution >= 0.6 is 0 Å². The predicted molar refractivity (Wildman–Crippen MR) is 106 cm³/mol. The number of hydrogen-bond acceptors (Lipinski definition) is 3. The van der Waals surface area contributed by atoms with E-state index in [0.29, 0.717) is 0 Å². The molecule has 4 nitrogen and oxygen atoms in total. The molecular formula is C22H18N4. The van der Waals surface area contributed by atoms with Gasteiger partial charge in [0.2, 0.25) is 0 Å². The summed E-state index contributed by atoms with van der Waals surface area (Å²) in [6.45, 7) is 0. The molecule has 0 unspecified atom stereocenters. The van der Waals surface area contributed by atoms with Gasteiger partial charge in [-0.25, -0.2) is 4.98 Å². The summed E-state index contributed by atoms with van der Waals surface area (Å²) in [4.78, 5) is 14.3. The average molecular weight is 338 g/mol. The Hall–Kier alpha value is -3.58. The molecule has 0 aliphatic rings. The maximum Gasteiger partial charge on any atom is 0.138 e. The van der Waals surface area contributed by atoms with Crippen molar-refractivity contribution in [2.75, 3.05) is 19.0 Å². The van der Waals surface area contributed by atoms with Gasteiger partial charge in [0.15, 0.2) is 0 Å². The molecule has 0 fully saturated rings. The van der Waals surface area contributed by atoms with Crippen LogP contribution in [0.25, 0.3) is 22.4 Å². The molecule has 4 rings (SSSR count). The van der Waals surface area contributed by atoms with Crippen LogP contribution in [0.5, 0.6) is 0 Å². The van der Waals surface area contributed by atoms with Crippen LogP contribution in [0.1, 0.15) is 11.1 Å². The zero-order valence-corrected chi connectivity index (χ0v) is 14.7. The molecule has 0 radical (unpaired) electrons. The van der Waals surface area contributed by atoms with E-state index in [-0.39, 0.29) is 0 Å². The Labute approximate surface area is 152 Å². The van der Waals surface area contributed by atoms with Gasteiger partial charge in [-0.3, -0.25) is 4.98 Å². The topological polar surface area (TPSA) is 44.8 Å². The average Bonchev–Trinajstić information content (AvgIpc) is 3.12. The molecule has 0 saturated carbocycles. The summed E-state index contributed by atoms with van der Waals surface area (Å²) in [6.07, 6.45) is 3.49. The molecule has 0 saturated heterocycles. The fourth-order valence-corrected chi connectivity index (χ4v) is 2.76. The lowest BCUT2D eigenvalue weighted by atomic mass is 10.1. The van der Waals surface area contributed by atoms with Gasteiger partial charge < -0.3 is 9.88 Å². The van der Waals surface area contributed by atoms with Gasteiger partial charge in [-0.2, -0.15) is 0 Å². The van der Waals surface area contributed by atoms with Crippen LogP contribution < -0.4 is 4.90 Å². The van der Waals surface area contributed by atoms with Crippen LogP contribution in [0.4, 0.5) is 5.69 Å². The quantitative estimate of drug-likeness (QED) is 0.560. The number of aromatic nitrogens is 3. The van der Waals surface area contributed by atoms with Crippen molar-refractivity contribution in [1.82, 2.24) is 15.0 Å². The second kappa shape index (κ2) is 6.73. The fourth-order valence-electron chi connectivity index (χ4n) is 2.76. The third-order valence-corrected chi connectivity index (χ3v) is 4.19. The standard InChI is InChI=1S/C22H18N4/c1-26(2)19-10-8-18(9-11-19)22-24-20-5-3-4-17(21(20)25-22)7-6-16-12-14-23-15-13-16/h3-5,8-15H,1-2H3,(H,24,25). The van der Waals surface area contributed by atoms with Crippen molar-refractivity contribution >= 4 is 16.7 Å². The van der Waals surface area contributed by atoms with Gasteiger partial charge in [0.25, 0.3) is 0 Å². The highest BCUT2D eigenvalue weighted by molar-refractivity contribution is 5.85. The zero-order valence-electron chi connectivity index (χ0n) is 14.7. The molecule has 4 heteroatoms. The number of imidazole rings is 1. The van der Waals surface area contributed by atoms with Crippen LogP contribution in [0.2, 0.25) is 0 Å². The second-order valence-corrected chi connectivity index (χ2v) is 6.21. The first-order valence-corrected chi connectivity index (χ1v) is 8.39. The molecule has 0 aliphatic heterocycles. The van der Waals surface area contributed by atoms with E-state index in [0.717, 1.165) is 39.2 Å². The number of anilines is 1. The van der Waals surface area contributed by atoms with Gasteiger partial charge in [-0.05, 0) is 48.5 Å². The summed E-state index contributed by atoms with van der Waals surface area (Å²) >= 11 is 0. The van der Waals surface area contributed by atoms with E-state index < -0.39 is 0 Å². The van der Waals surface area contributed by atoms with Crippen molar-refractivity contribution in [3.05, 3.63) is 78.1 Å². The first-order chi connectivity index (χ1) is 12.7. The minimum atomic E-state index is 0.850. The number of para-hydroxylation sites is 1. The minimum Gasteiger partial charge on any atom is -0.378 e. The van der Waals surface area contributed by atoms with Crippen molar-refractivity contribution in [1.29, 1.82) is 0 Å². The summed E-state index contributed by atoms with van der Waals surface area (Å²) in [5.41, 5.74) is 5.94. The highest BCUT2D eigenvalue weighted by Crippen LogP contribution is 2.24. The fraction of sp³-hybridized carbons (Fsp3) is 0.0909. The van der Waals surface area contributed by atoms with E-state index in [9.17, 15) is 0 Å². The smallest absolute Gasteiger partial charge is 0.138 e. The monoisotopic (exact) mass is 338 g/mol. The highest BCUT2D eigenvalue weighted by Gasteiger charge is 2.08. The van der Waals surface area contributed by atoms with Gasteiger partial charge >= 0.3 is 0 Å². The molecule has 4 aromatic rings. The van der Waals surface area contributed by atoms with Crippen LogP contribution in [0.15, 0.2) is 67.0 Å². The molecule has 0 amide bonds. The Balaban J connectivity index is 1.73. The Morgan fingerprint density at radius 2 is 1.65 bits per heavy atom. The van der Waals surface area contributed by atoms with E-state index in [1.807, 2.05) is 44.4 Å². The normalized spacial score (nSPS) is 10.4. The first-order valence-electron chi connectivity index (χ1n) is 8.39. The van der Waals surface area contributed by atoms with E-state index in [2.05, 4.69) is 51.0 Å². The van der Waals surface area contributed by atoms with Crippen LogP contribution in [0, 0.1) is 11.8 Å². The number of hydrogen-bond donors (Lipinski definition) is 1. The number of nitrogens with one attached hydrogen (secondary N) is 1. The predicted octanol–water partition coefficient (Wildman–Crippen LogP) is 4.09. The summed E-state index contributed by atoms with van der Waals surface area (Å²) in [5, 5.41) is 0. The Bertz CT molecular complexity index is 1100. The third-order valence-electron chi connectivity index (χ3n) is 4.19. The van der Waals surface area contributed by atoms with Crippen LogP contribution in [-0.4, -0.2) is 29.0 Å². The first kappa shape index (κ1) is 15.9. The number of aromatic amines is 1. The number of rotatable bonds is 2. The molecular weight excluding hydrogens is 320 g/mol. The Kier molecular flexibility index (Phi) is 4.12. The minimum absolute atomic E-state index is 0.850. The SMILES string of the molecule is CN(C)c1ccc(-c2nc3c(C#Cc4ccncc4)cccc3[nH]2)cc1. The lowest BCUT2D eigenvalue weighted by Crippen LogP contribution is -2.07. The van der Waals surface area contributed by atoms with E-state index in [4.69, 9.17) is 4.98 Å². The number of nitrogens with zero attached hydrogens (tertiary/aromatic N) is 3. The van der Waals surface area contributed by atoms with Crippen molar-refractivity contribution in [3.63, 3.8) is 0 Å². The molecule has 2 aromatic heterocycles. The summed E-state index contributed by atoms with van der Waals surface area (Å²) < 4.78 is 0. The van der Waals surface area contributed by atoms with Gasteiger partial charge in [-0.15, -0.1) is 0 Å². The zero-order chi connectivity index (χ0) is 17.9. The maximum atomic E-state index is 4.79. The lowest BCUT2D eigenvalue weighted by Gasteiger charge is -2.11. The van der Waals surface area contributed by atoms with Gasteiger partial charge in [0, 0.05) is 43.3 Å². The second-order valence-electron chi connectivity index (χ2n) is 6.21. The van der Waals surface area contributed by atoms with Crippen molar-refractivity contribution < 1.29 is 0 Å². The molecule has 0 bridgehead atoms. The van der Waals surface area contributed by atoms with E-state index in [1.54, 1.807) is 12.4 Å². The number of fused-ring (bicyclic) bond motifs is 1. The molecule has 126 valence electrons. The molecule has 0 aliphatic carbocycles. The van der Waals surface area contributed by atoms with Crippen molar-refractivity contribution in [2.45, 2.75) is 0 Å². The lowest BCUT2D eigenvalue weighted by molar-refractivity contribution is 1.13. The number of H-pyrrole nitrogens is 1. The molecule has 2 heterocycles. The van der Waals surface area contributed by atoms with Crippen LogP contribution in [0.3, 0.4) is 0 Å². The Morgan fingerprint density at radius 1 is 0.885 bits per heavy atom. The van der Waals surface area contributed by atoms with Crippen molar-refractivity contribution in [3.8, 4) is 23.2 Å². The maximum absolute atomic E-state index is 4.79. The summed E-state index contributed by atoms with van der Waals surface area (Å²) in [5.74, 6) is 7.25. The Morgan fingerprint density at radius 3 is 2.38 bits per heavy atom. The van der Waals surface area contributed by atoms with Crippen molar-refractivity contribution in [2.24, 2.45) is 0 Å². The molecule has 0 atom stereocenters. The van der Waals surface area contributed by atoms with Gasteiger partial charge in [0.1, 0.15) is 11.3 Å².